The molecule has 1 atom stereocenters. The Bertz CT molecular complexity index is 471. The van der Waals surface area contributed by atoms with E-state index in [1.165, 1.54) is 9.91 Å². The molecular weight excluding hydrogens is 261 g/mol. The van der Waals surface area contributed by atoms with Crippen LogP contribution >= 0.6 is 0 Å². The molecule has 0 aliphatic heterocycles. The number of aryl methyl sites for hydroxylation is 1. The molecule has 0 fully saturated rings. The second-order valence-electron chi connectivity index (χ2n) is 3.63. The summed E-state index contributed by atoms with van der Waals surface area (Å²) < 4.78 is 7.04. The first-order valence-electron chi connectivity index (χ1n) is 5.14. The molecule has 1 heterocycles. The topological polar surface area (TPSA) is 22.1 Å². The van der Waals surface area contributed by atoms with Crippen LogP contribution in [0.15, 0.2) is 42.6 Å². The van der Waals surface area contributed by atoms with E-state index in [1.54, 1.807) is 23.0 Å². The molecule has 1 aromatic heterocycles. The fourth-order valence-electron chi connectivity index (χ4n) is 1.47. The standard InChI is InChI=1S/C13H14AsNO/c1-10-8-11(14)5-6-13(10)16-9-12-4-2-3-7-15-12/h2-8H,9,14H2,1H3. The predicted octanol–water partition coefficient (Wildman–Crippen LogP) is 1.23. The number of benzene rings is 1. The third kappa shape index (κ3) is 2.86. The fourth-order valence-corrected chi connectivity index (χ4v) is 2.20. The zero-order valence-corrected chi connectivity index (χ0v) is 11.6. The van der Waals surface area contributed by atoms with Gasteiger partial charge in [-0.15, -0.1) is 0 Å². The summed E-state index contributed by atoms with van der Waals surface area (Å²) in [6.07, 6.45) is 1.78. The van der Waals surface area contributed by atoms with Gasteiger partial charge >= 0.3 is 104 Å². The van der Waals surface area contributed by atoms with Crippen molar-refractivity contribution < 1.29 is 4.74 Å². The molecule has 0 saturated heterocycles. The van der Waals surface area contributed by atoms with Crippen LogP contribution in [0.5, 0.6) is 5.75 Å². The molecule has 1 unspecified atom stereocenters. The van der Waals surface area contributed by atoms with Crippen molar-refractivity contribution in [3.05, 3.63) is 53.9 Å². The van der Waals surface area contributed by atoms with Crippen LogP contribution in [0.1, 0.15) is 11.3 Å². The van der Waals surface area contributed by atoms with Crippen LogP contribution in [-0.4, -0.2) is 21.8 Å². The van der Waals surface area contributed by atoms with Gasteiger partial charge in [0.2, 0.25) is 0 Å². The first-order valence-corrected chi connectivity index (χ1v) is 6.35. The fraction of sp³-hybridized carbons (Fsp3) is 0.154. The number of hydrogen-bond acceptors (Lipinski definition) is 2. The average molecular weight is 275 g/mol. The maximum atomic E-state index is 5.72. The molecule has 0 amide bonds. The SMILES string of the molecule is Cc1cc([AsH2])ccc1OCc1ccccn1. The van der Waals surface area contributed by atoms with E-state index in [4.69, 9.17) is 4.74 Å². The number of pyridine rings is 1. The molecule has 2 rings (SSSR count). The monoisotopic (exact) mass is 275 g/mol. The van der Waals surface area contributed by atoms with E-state index in [0.717, 1.165) is 11.4 Å². The normalized spacial score (nSPS) is 10.1. The number of nitrogens with zero attached hydrogens (tertiary/aromatic N) is 1. The van der Waals surface area contributed by atoms with Gasteiger partial charge in [0.1, 0.15) is 0 Å². The van der Waals surface area contributed by atoms with Gasteiger partial charge in [0.05, 0.1) is 0 Å². The van der Waals surface area contributed by atoms with Gasteiger partial charge in [0, 0.05) is 0 Å². The molecule has 0 aliphatic rings. The van der Waals surface area contributed by atoms with Crippen molar-refractivity contribution in [1.82, 2.24) is 4.98 Å². The Morgan fingerprint density at radius 2 is 2.12 bits per heavy atom. The average Bonchev–Trinajstić information content (AvgIpc) is 2.29. The van der Waals surface area contributed by atoms with Crippen molar-refractivity contribution in [3.63, 3.8) is 0 Å². The molecule has 0 radical (unpaired) electrons. The Balaban J connectivity index is 2.05. The van der Waals surface area contributed by atoms with Gasteiger partial charge in [-0.3, -0.25) is 0 Å². The molecule has 0 bridgehead atoms. The Labute approximate surface area is 104 Å². The Hall–Kier alpha value is -1.27. The summed E-state index contributed by atoms with van der Waals surface area (Å²) in [4.78, 5) is 4.22. The summed E-state index contributed by atoms with van der Waals surface area (Å²) >= 11 is 1.63. The molecule has 0 aliphatic carbocycles. The second kappa shape index (κ2) is 5.18. The predicted molar refractivity (Wildman–Crippen MR) is 67.9 cm³/mol. The van der Waals surface area contributed by atoms with Crippen LogP contribution in [0.25, 0.3) is 0 Å². The summed E-state index contributed by atoms with van der Waals surface area (Å²) in [6.45, 7) is 2.59. The molecular formula is C13H14AsNO. The minimum atomic E-state index is 0.524. The quantitative estimate of drug-likeness (QED) is 0.786. The zero-order chi connectivity index (χ0) is 11.4. The van der Waals surface area contributed by atoms with E-state index in [2.05, 4.69) is 24.0 Å². The first-order chi connectivity index (χ1) is 7.75. The molecule has 0 N–H and O–H groups in total. The van der Waals surface area contributed by atoms with E-state index in [9.17, 15) is 0 Å². The summed E-state index contributed by atoms with van der Waals surface area (Å²) in [5.74, 6) is 0.937. The van der Waals surface area contributed by atoms with Crippen LogP contribution in [0.3, 0.4) is 0 Å². The van der Waals surface area contributed by atoms with E-state index >= 15 is 0 Å². The van der Waals surface area contributed by atoms with Gasteiger partial charge in [-0.2, -0.15) is 0 Å². The van der Waals surface area contributed by atoms with Crippen LogP contribution in [0, 0.1) is 6.92 Å². The van der Waals surface area contributed by atoms with E-state index in [1.807, 2.05) is 24.3 Å². The van der Waals surface area contributed by atoms with Crippen molar-refractivity contribution in [1.29, 1.82) is 0 Å². The van der Waals surface area contributed by atoms with Gasteiger partial charge in [-0.05, 0) is 0 Å². The van der Waals surface area contributed by atoms with Crippen molar-refractivity contribution >= 4 is 21.2 Å². The Morgan fingerprint density at radius 3 is 2.81 bits per heavy atom. The Kier molecular flexibility index (Phi) is 3.63. The van der Waals surface area contributed by atoms with E-state index < -0.39 is 0 Å². The number of aromatic nitrogens is 1. The zero-order valence-electron chi connectivity index (χ0n) is 9.18. The van der Waals surface area contributed by atoms with Gasteiger partial charge in [-0.1, -0.05) is 0 Å². The van der Waals surface area contributed by atoms with E-state index in [-0.39, 0.29) is 0 Å². The molecule has 0 spiro atoms. The van der Waals surface area contributed by atoms with Gasteiger partial charge < -0.3 is 0 Å². The molecule has 16 heavy (non-hydrogen) atoms. The van der Waals surface area contributed by atoms with Crippen LogP contribution in [0.2, 0.25) is 0 Å². The van der Waals surface area contributed by atoms with Gasteiger partial charge in [0.15, 0.2) is 0 Å². The molecule has 82 valence electrons. The van der Waals surface area contributed by atoms with Gasteiger partial charge in [-0.25, -0.2) is 0 Å². The van der Waals surface area contributed by atoms with E-state index in [0.29, 0.717) is 6.61 Å². The summed E-state index contributed by atoms with van der Waals surface area (Å²) in [5, 5.41) is 0. The van der Waals surface area contributed by atoms with Crippen LogP contribution in [-0.2, 0) is 6.61 Å². The number of hydrogen-bond donors (Lipinski definition) is 0. The molecule has 2 aromatic rings. The van der Waals surface area contributed by atoms with Crippen molar-refractivity contribution in [2.24, 2.45) is 0 Å². The molecule has 3 heteroatoms. The third-order valence-corrected chi connectivity index (χ3v) is 3.05. The summed E-state index contributed by atoms with van der Waals surface area (Å²) in [5.41, 5.74) is 2.13. The van der Waals surface area contributed by atoms with Crippen LogP contribution < -0.4 is 9.09 Å². The summed E-state index contributed by atoms with van der Waals surface area (Å²) in [7, 11) is 0. The van der Waals surface area contributed by atoms with Crippen molar-refractivity contribution in [2.45, 2.75) is 13.5 Å². The Morgan fingerprint density at radius 1 is 1.25 bits per heavy atom. The maximum absolute atomic E-state index is 5.72. The third-order valence-electron chi connectivity index (χ3n) is 2.30. The molecule has 2 nitrogen and oxygen atoms in total. The molecule has 0 saturated carbocycles. The second-order valence-corrected chi connectivity index (χ2v) is 5.03. The first kappa shape index (κ1) is 11.2. The van der Waals surface area contributed by atoms with Crippen LogP contribution in [0.4, 0.5) is 0 Å². The number of rotatable bonds is 3. The van der Waals surface area contributed by atoms with Gasteiger partial charge in [0.25, 0.3) is 0 Å². The number of ether oxygens (including phenoxy) is 1. The van der Waals surface area contributed by atoms with Crippen molar-refractivity contribution in [2.75, 3.05) is 0 Å². The van der Waals surface area contributed by atoms with Crippen molar-refractivity contribution in [3.8, 4) is 5.75 Å². The minimum absolute atomic E-state index is 0.524. The molecule has 1 aromatic carbocycles. The summed E-state index contributed by atoms with van der Waals surface area (Å²) in [6, 6.07) is 12.1.